The molecule has 0 saturated heterocycles. The normalized spacial score (nSPS) is 11.6. The molecule has 0 radical (unpaired) electrons. The lowest BCUT2D eigenvalue weighted by Gasteiger charge is -2.12. The number of rotatable bonds is 4. The van der Waals surface area contributed by atoms with Gasteiger partial charge in [0.15, 0.2) is 0 Å². The maximum absolute atomic E-state index is 12.4. The van der Waals surface area contributed by atoms with E-state index in [1.165, 1.54) is 6.07 Å². The quantitative estimate of drug-likeness (QED) is 0.707. The van der Waals surface area contributed by atoms with E-state index in [2.05, 4.69) is 0 Å². The molecule has 1 aromatic carbocycles. The van der Waals surface area contributed by atoms with E-state index in [1.807, 2.05) is 6.92 Å². The van der Waals surface area contributed by atoms with Crippen molar-refractivity contribution in [1.82, 2.24) is 0 Å². The first-order valence-corrected chi connectivity index (χ1v) is 5.25. The van der Waals surface area contributed by atoms with Crippen LogP contribution in [0.3, 0.4) is 0 Å². The highest BCUT2D eigenvalue weighted by Gasteiger charge is 2.30. The Morgan fingerprint density at radius 3 is 2.44 bits per heavy atom. The smallest absolute Gasteiger partial charge is 0.416 e. The van der Waals surface area contributed by atoms with Gasteiger partial charge in [-0.15, -0.1) is 0 Å². The summed E-state index contributed by atoms with van der Waals surface area (Å²) in [5.74, 6) is 0.529. The third-order valence-electron chi connectivity index (χ3n) is 2.26. The van der Waals surface area contributed by atoms with E-state index >= 15 is 0 Å². The maximum Gasteiger partial charge on any atom is 0.416 e. The molecule has 1 nitrogen and oxygen atoms in total. The van der Waals surface area contributed by atoms with E-state index in [1.54, 1.807) is 6.92 Å². The molecule has 0 amide bonds. The van der Waals surface area contributed by atoms with Gasteiger partial charge in [-0.05, 0) is 37.1 Å². The Labute approximate surface area is 93.2 Å². The van der Waals surface area contributed by atoms with Crippen LogP contribution in [0.5, 0.6) is 5.75 Å². The van der Waals surface area contributed by atoms with E-state index in [4.69, 9.17) is 4.74 Å². The summed E-state index contributed by atoms with van der Waals surface area (Å²) in [6.07, 6.45) is -2.38. The summed E-state index contributed by atoms with van der Waals surface area (Å²) in [5.41, 5.74) is -0.112. The van der Waals surface area contributed by atoms with Crippen LogP contribution in [0.2, 0.25) is 0 Å². The van der Waals surface area contributed by atoms with Gasteiger partial charge < -0.3 is 4.74 Å². The summed E-state index contributed by atoms with van der Waals surface area (Å²) in [4.78, 5) is 0. The summed E-state index contributed by atoms with van der Waals surface area (Å²) < 4.78 is 42.5. The van der Waals surface area contributed by atoms with Gasteiger partial charge in [0.2, 0.25) is 0 Å². The van der Waals surface area contributed by atoms with Crippen LogP contribution in [0.15, 0.2) is 18.2 Å². The lowest BCUT2D eigenvalue weighted by molar-refractivity contribution is -0.137. The second kappa shape index (κ2) is 5.23. The van der Waals surface area contributed by atoms with Crippen molar-refractivity contribution in [2.24, 2.45) is 0 Å². The lowest BCUT2D eigenvalue weighted by Crippen LogP contribution is -2.06. The Morgan fingerprint density at radius 2 is 1.94 bits per heavy atom. The second-order valence-corrected chi connectivity index (χ2v) is 3.68. The molecule has 0 spiro atoms. The first-order valence-electron chi connectivity index (χ1n) is 5.25. The molecule has 0 heterocycles. The van der Waals surface area contributed by atoms with Gasteiger partial charge >= 0.3 is 6.18 Å². The van der Waals surface area contributed by atoms with Gasteiger partial charge in [-0.3, -0.25) is 0 Å². The highest BCUT2D eigenvalue weighted by Crippen LogP contribution is 2.32. The number of halogens is 3. The van der Waals surface area contributed by atoms with E-state index in [0.717, 1.165) is 25.0 Å². The number of ether oxygens (including phenoxy) is 1. The van der Waals surface area contributed by atoms with Crippen LogP contribution in [-0.2, 0) is 6.18 Å². The lowest BCUT2D eigenvalue weighted by atomic mass is 10.1. The molecule has 1 rings (SSSR count). The number of hydrogen-bond acceptors (Lipinski definition) is 1. The van der Waals surface area contributed by atoms with E-state index in [0.29, 0.717) is 17.9 Å². The molecule has 0 N–H and O–H groups in total. The first-order chi connectivity index (χ1) is 7.45. The highest BCUT2D eigenvalue weighted by molar-refractivity contribution is 5.37. The monoisotopic (exact) mass is 232 g/mol. The minimum absolute atomic E-state index is 0.519. The fraction of sp³-hybridized carbons (Fsp3) is 0.500. The van der Waals surface area contributed by atoms with Crippen molar-refractivity contribution in [2.45, 2.75) is 32.9 Å². The summed E-state index contributed by atoms with van der Waals surface area (Å²) in [7, 11) is 0. The van der Waals surface area contributed by atoms with Crippen LogP contribution >= 0.6 is 0 Å². The molecule has 90 valence electrons. The molecule has 0 saturated carbocycles. The summed E-state index contributed by atoms with van der Waals surface area (Å²) in [5, 5.41) is 0. The van der Waals surface area contributed by atoms with Crippen LogP contribution in [0.4, 0.5) is 13.2 Å². The predicted molar refractivity (Wildman–Crippen MR) is 56.6 cm³/mol. The van der Waals surface area contributed by atoms with Crippen molar-refractivity contribution in [3.8, 4) is 5.75 Å². The minimum atomic E-state index is -4.29. The minimum Gasteiger partial charge on any atom is -0.493 e. The standard InChI is InChI=1S/C12H15F3O/c1-3-4-7-16-11-6-5-10(8-9(11)2)12(13,14)15/h5-6,8H,3-4,7H2,1-2H3. The summed E-state index contributed by atoms with van der Waals surface area (Å²) in [6.45, 7) is 4.20. The van der Waals surface area contributed by atoms with Crippen LogP contribution < -0.4 is 4.74 Å². The third-order valence-corrected chi connectivity index (χ3v) is 2.26. The van der Waals surface area contributed by atoms with Crippen molar-refractivity contribution in [3.63, 3.8) is 0 Å². The molecule has 0 fully saturated rings. The second-order valence-electron chi connectivity index (χ2n) is 3.68. The van der Waals surface area contributed by atoms with Crippen LogP contribution in [0.25, 0.3) is 0 Å². The zero-order valence-electron chi connectivity index (χ0n) is 9.40. The fourth-order valence-electron chi connectivity index (χ4n) is 1.31. The molecular weight excluding hydrogens is 217 g/mol. The Bertz CT molecular complexity index is 345. The van der Waals surface area contributed by atoms with E-state index in [9.17, 15) is 13.2 Å². The molecule has 4 heteroatoms. The zero-order valence-corrected chi connectivity index (χ0v) is 9.40. The van der Waals surface area contributed by atoms with E-state index in [-0.39, 0.29) is 0 Å². The number of benzene rings is 1. The van der Waals surface area contributed by atoms with Gasteiger partial charge in [0.25, 0.3) is 0 Å². The van der Waals surface area contributed by atoms with E-state index < -0.39 is 11.7 Å². The Kier molecular flexibility index (Phi) is 4.21. The molecule has 0 bridgehead atoms. The first kappa shape index (κ1) is 12.9. The predicted octanol–water partition coefficient (Wildman–Crippen LogP) is 4.19. The van der Waals surface area contributed by atoms with Crippen molar-refractivity contribution in [2.75, 3.05) is 6.61 Å². The molecule has 0 aliphatic carbocycles. The number of aryl methyl sites for hydroxylation is 1. The largest absolute Gasteiger partial charge is 0.493 e. The van der Waals surface area contributed by atoms with Crippen molar-refractivity contribution in [1.29, 1.82) is 0 Å². The van der Waals surface area contributed by atoms with Crippen molar-refractivity contribution < 1.29 is 17.9 Å². The number of alkyl halides is 3. The molecule has 0 atom stereocenters. The SMILES string of the molecule is CCCCOc1ccc(C(F)(F)F)cc1C. The van der Waals surface area contributed by atoms with Gasteiger partial charge in [0.05, 0.1) is 12.2 Å². The van der Waals surface area contributed by atoms with Gasteiger partial charge in [0, 0.05) is 0 Å². The Balaban J connectivity index is 2.76. The molecule has 16 heavy (non-hydrogen) atoms. The topological polar surface area (TPSA) is 9.23 Å². The fourth-order valence-corrected chi connectivity index (χ4v) is 1.31. The zero-order chi connectivity index (χ0) is 12.2. The Morgan fingerprint density at radius 1 is 1.25 bits per heavy atom. The van der Waals surface area contributed by atoms with Crippen LogP contribution in [0.1, 0.15) is 30.9 Å². The molecule has 0 unspecified atom stereocenters. The third kappa shape index (κ3) is 3.43. The van der Waals surface area contributed by atoms with Gasteiger partial charge in [-0.2, -0.15) is 13.2 Å². The number of unbranched alkanes of at least 4 members (excludes halogenated alkanes) is 1. The molecule has 1 aromatic rings. The van der Waals surface area contributed by atoms with Gasteiger partial charge in [0.1, 0.15) is 5.75 Å². The molecule has 0 aliphatic rings. The van der Waals surface area contributed by atoms with Gasteiger partial charge in [-0.1, -0.05) is 13.3 Å². The molecular formula is C12H15F3O. The van der Waals surface area contributed by atoms with Gasteiger partial charge in [-0.25, -0.2) is 0 Å². The average molecular weight is 232 g/mol. The van der Waals surface area contributed by atoms with Crippen molar-refractivity contribution >= 4 is 0 Å². The average Bonchev–Trinajstić information content (AvgIpc) is 2.19. The summed E-state index contributed by atoms with van der Waals surface area (Å²) in [6, 6.07) is 3.55. The molecule has 0 aromatic heterocycles. The van der Waals surface area contributed by atoms with Crippen LogP contribution in [0, 0.1) is 6.92 Å². The number of hydrogen-bond donors (Lipinski definition) is 0. The van der Waals surface area contributed by atoms with Crippen LogP contribution in [-0.4, -0.2) is 6.61 Å². The van der Waals surface area contributed by atoms with Crippen molar-refractivity contribution in [3.05, 3.63) is 29.3 Å². The Hall–Kier alpha value is -1.19. The highest BCUT2D eigenvalue weighted by atomic mass is 19.4. The maximum atomic E-state index is 12.4. The summed E-state index contributed by atoms with van der Waals surface area (Å²) >= 11 is 0. The molecule has 0 aliphatic heterocycles.